The van der Waals surface area contributed by atoms with Gasteiger partial charge in [-0.15, -0.1) is 0 Å². The zero-order valence-corrected chi connectivity index (χ0v) is 14.8. The lowest BCUT2D eigenvalue weighted by molar-refractivity contribution is 0.482. The topological polar surface area (TPSA) is 9.23 Å². The molecular weight excluding hydrogens is 316 g/mol. The monoisotopic (exact) mass is 336 g/mol. The Bertz CT molecular complexity index is 792. The van der Waals surface area contributed by atoms with Gasteiger partial charge in [-0.1, -0.05) is 74.0 Å². The maximum Gasteiger partial charge on any atom is 0.127 e. The molecule has 0 aromatic heterocycles. The average Bonchev–Trinajstić information content (AvgIpc) is 2.59. The van der Waals surface area contributed by atoms with Gasteiger partial charge in [0.05, 0.1) is 0 Å². The molecule has 0 heterocycles. The Morgan fingerprint density at radius 1 is 0.792 bits per heavy atom. The molecule has 3 aromatic carbocycles. The molecule has 1 nitrogen and oxygen atoms in total. The molecule has 24 heavy (non-hydrogen) atoms. The van der Waals surface area contributed by atoms with Gasteiger partial charge in [-0.2, -0.15) is 0 Å². The summed E-state index contributed by atoms with van der Waals surface area (Å²) in [4.78, 5) is 0. The van der Waals surface area contributed by atoms with Crippen LogP contribution in [0.15, 0.2) is 72.8 Å². The van der Waals surface area contributed by atoms with Gasteiger partial charge >= 0.3 is 0 Å². The lowest BCUT2D eigenvalue weighted by Crippen LogP contribution is -1.95. The van der Waals surface area contributed by atoms with E-state index < -0.39 is 0 Å². The first-order valence-corrected chi connectivity index (χ1v) is 8.60. The summed E-state index contributed by atoms with van der Waals surface area (Å²) in [5.41, 5.74) is 3.59. The third-order valence-corrected chi connectivity index (χ3v) is 4.49. The molecule has 0 unspecified atom stereocenters. The zero-order valence-electron chi connectivity index (χ0n) is 14.0. The molecule has 3 aromatic rings. The van der Waals surface area contributed by atoms with Crippen LogP contribution in [-0.2, 0) is 6.42 Å². The molecule has 0 N–H and O–H groups in total. The number of hydrogen-bond donors (Lipinski definition) is 0. The quantitative estimate of drug-likeness (QED) is 0.495. The van der Waals surface area contributed by atoms with Crippen molar-refractivity contribution in [1.29, 1.82) is 0 Å². The fourth-order valence-corrected chi connectivity index (χ4v) is 3.11. The Labute approximate surface area is 148 Å². The smallest absolute Gasteiger partial charge is 0.127 e. The molecule has 0 atom stereocenters. The van der Waals surface area contributed by atoms with Crippen molar-refractivity contribution in [3.05, 3.63) is 94.5 Å². The summed E-state index contributed by atoms with van der Waals surface area (Å²) >= 11 is 6.57. The summed E-state index contributed by atoms with van der Waals surface area (Å²) in [6.45, 7) is 4.33. The van der Waals surface area contributed by atoms with Crippen LogP contribution >= 0.6 is 11.6 Å². The highest BCUT2D eigenvalue weighted by Gasteiger charge is 2.09. The molecular formula is C22H21ClO. The fourth-order valence-electron chi connectivity index (χ4n) is 2.70. The van der Waals surface area contributed by atoms with E-state index in [4.69, 9.17) is 16.3 Å². The molecule has 0 spiro atoms. The van der Waals surface area contributed by atoms with E-state index in [9.17, 15) is 0 Å². The highest BCUT2D eigenvalue weighted by Crippen LogP contribution is 2.29. The molecule has 0 amide bonds. The SMILES string of the molecule is CC(C)c1cccc(Cc2ccc(Oc3ccccc3)cc2)c1Cl. The summed E-state index contributed by atoms with van der Waals surface area (Å²) in [7, 11) is 0. The molecule has 3 rings (SSSR count). The van der Waals surface area contributed by atoms with Crippen molar-refractivity contribution < 1.29 is 4.74 Å². The van der Waals surface area contributed by atoms with E-state index in [0.29, 0.717) is 5.92 Å². The van der Waals surface area contributed by atoms with Crippen LogP contribution in [0.25, 0.3) is 0 Å². The molecule has 0 radical (unpaired) electrons. The highest BCUT2D eigenvalue weighted by molar-refractivity contribution is 6.32. The summed E-state index contributed by atoms with van der Waals surface area (Å²) in [6, 6.07) is 24.3. The van der Waals surface area contributed by atoms with E-state index in [1.807, 2.05) is 42.5 Å². The number of ether oxygens (including phenoxy) is 1. The van der Waals surface area contributed by atoms with E-state index in [-0.39, 0.29) is 0 Å². The van der Waals surface area contributed by atoms with Gasteiger partial charge in [0.15, 0.2) is 0 Å². The third kappa shape index (κ3) is 3.98. The summed E-state index contributed by atoms with van der Waals surface area (Å²) in [5.74, 6) is 2.11. The van der Waals surface area contributed by atoms with Gasteiger partial charge in [0.2, 0.25) is 0 Å². The number of rotatable bonds is 5. The van der Waals surface area contributed by atoms with Crippen LogP contribution in [0.4, 0.5) is 0 Å². The van der Waals surface area contributed by atoms with Gasteiger partial charge in [0, 0.05) is 5.02 Å². The maximum atomic E-state index is 6.57. The molecule has 0 bridgehead atoms. The van der Waals surface area contributed by atoms with Crippen LogP contribution in [0.5, 0.6) is 11.5 Å². The van der Waals surface area contributed by atoms with Crippen LogP contribution in [0.1, 0.15) is 36.5 Å². The standard InChI is InChI=1S/C22H21ClO/c1-16(2)21-10-6-7-18(22(21)23)15-17-11-13-20(14-12-17)24-19-8-4-3-5-9-19/h3-14,16H,15H2,1-2H3. The highest BCUT2D eigenvalue weighted by atomic mass is 35.5. The minimum absolute atomic E-state index is 0.430. The van der Waals surface area contributed by atoms with Crippen LogP contribution in [0.3, 0.4) is 0 Å². The van der Waals surface area contributed by atoms with Gasteiger partial charge in [-0.05, 0) is 53.3 Å². The number of halogens is 1. The average molecular weight is 337 g/mol. The number of hydrogen-bond acceptors (Lipinski definition) is 1. The molecule has 0 saturated heterocycles. The molecule has 0 fully saturated rings. The third-order valence-electron chi connectivity index (χ3n) is 4.03. The lowest BCUT2D eigenvalue weighted by atomic mass is 9.97. The molecule has 0 aliphatic rings. The van der Waals surface area contributed by atoms with Crippen LogP contribution in [0, 0.1) is 0 Å². The summed E-state index contributed by atoms with van der Waals surface area (Å²) in [5, 5.41) is 0.886. The van der Waals surface area contributed by atoms with E-state index in [1.165, 1.54) is 16.7 Å². The first kappa shape index (κ1) is 16.6. The normalized spacial score (nSPS) is 10.8. The minimum Gasteiger partial charge on any atom is -0.457 e. The molecule has 122 valence electrons. The van der Waals surface area contributed by atoms with Gasteiger partial charge in [0.25, 0.3) is 0 Å². The largest absolute Gasteiger partial charge is 0.457 e. The van der Waals surface area contributed by atoms with Gasteiger partial charge in [-0.25, -0.2) is 0 Å². The predicted molar refractivity (Wildman–Crippen MR) is 101 cm³/mol. The molecule has 0 aliphatic carbocycles. The first-order valence-electron chi connectivity index (χ1n) is 8.22. The van der Waals surface area contributed by atoms with Crippen molar-refractivity contribution >= 4 is 11.6 Å². The van der Waals surface area contributed by atoms with Crippen LogP contribution in [0.2, 0.25) is 5.02 Å². The summed E-state index contributed by atoms with van der Waals surface area (Å²) < 4.78 is 5.83. The second-order valence-electron chi connectivity index (χ2n) is 6.21. The Hall–Kier alpha value is -2.25. The lowest BCUT2D eigenvalue weighted by Gasteiger charge is -2.12. The van der Waals surface area contributed by atoms with Gasteiger partial charge < -0.3 is 4.74 Å². The van der Waals surface area contributed by atoms with Gasteiger partial charge in [-0.3, -0.25) is 0 Å². The van der Waals surface area contributed by atoms with Crippen molar-refractivity contribution in [1.82, 2.24) is 0 Å². The molecule has 0 saturated carbocycles. The number of benzene rings is 3. The Morgan fingerprint density at radius 2 is 1.46 bits per heavy atom. The van der Waals surface area contributed by atoms with E-state index in [0.717, 1.165) is 22.9 Å². The fraction of sp³-hybridized carbons (Fsp3) is 0.182. The Morgan fingerprint density at radius 3 is 2.12 bits per heavy atom. The van der Waals surface area contributed by atoms with Crippen LogP contribution in [-0.4, -0.2) is 0 Å². The molecule has 2 heteroatoms. The maximum absolute atomic E-state index is 6.57. The Kier molecular flexibility index (Phi) is 5.22. The van der Waals surface area contributed by atoms with Crippen molar-refractivity contribution in [3.8, 4) is 11.5 Å². The second kappa shape index (κ2) is 7.55. The van der Waals surface area contributed by atoms with Crippen molar-refractivity contribution in [2.45, 2.75) is 26.2 Å². The van der Waals surface area contributed by atoms with E-state index >= 15 is 0 Å². The summed E-state index contributed by atoms with van der Waals surface area (Å²) in [6.07, 6.45) is 0.824. The van der Waals surface area contributed by atoms with Gasteiger partial charge in [0.1, 0.15) is 11.5 Å². The van der Waals surface area contributed by atoms with Crippen molar-refractivity contribution in [3.63, 3.8) is 0 Å². The minimum atomic E-state index is 0.430. The Balaban J connectivity index is 1.74. The van der Waals surface area contributed by atoms with Crippen molar-refractivity contribution in [2.75, 3.05) is 0 Å². The van der Waals surface area contributed by atoms with E-state index in [1.54, 1.807) is 0 Å². The zero-order chi connectivity index (χ0) is 16.9. The van der Waals surface area contributed by atoms with Crippen molar-refractivity contribution in [2.24, 2.45) is 0 Å². The van der Waals surface area contributed by atoms with Crippen LogP contribution < -0.4 is 4.74 Å². The van der Waals surface area contributed by atoms with E-state index in [2.05, 4.69) is 44.2 Å². The number of para-hydroxylation sites is 1. The first-order chi connectivity index (χ1) is 11.6. The predicted octanol–water partition coefficient (Wildman–Crippen LogP) is 6.85. The molecule has 0 aliphatic heterocycles. The second-order valence-corrected chi connectivity index (χ2v) is 6.59.